The van der Waals surface area contributed by atoms with E-state index in [1.165, 1.54) is 11.8 Å². The monoisotopic (exact) mass is 367 g/mol. The molecule has 0 saturated heterocycles. The molecule has 3 rings (SSSR count). The van der Waals surface area contributed by atoms with Crippen LogP contribution in [0, 0.1) is 0 Å². The van der Waals surface area contributed by atoms with Crippen molar-refractivity contribution in [3.8, 4) is 17.0 Å². The summed E-state index contributed by atoms with van der Waals surface area (Å²) in [6.45, 7) is 2.87. The highest BCUT2D eigenvalue weighted by Crippen LogP contribution is 2.27. The van der Waals surface area contributed by atoms with E-state index >= 15 is 0 Å². The molecule has 3 aromatic rings. The minimum absolute atomic E-state index is 0.0913. The van der Waals surface area contributed by atoms with Gasteiger partial charge in [-0.25, -0.2) is 4.98 Å². The molecule has 6 heteroatoms. The van der Waals surface area contributed by atoms with Crippen molar-refractivity contribution in [1.29, 1.82) is 0 Å². The molecule has 26 heavy (non-hydrogen) atoms. The summed E-state index contributed by atoms with van der Waals surface area (Å²) in [6.07, 6.45) is 1.86. The number of amides is 1. The van der Waals surface area contributed by atoms with Crippen molar-refractivity contribution >= 4 is 23.4 Å². The molecule has 0 atom stereocenters. The molecule has 0 aliphatic rings. The van der Waals surface area contributed by atoms with Gasteiger partial charge >= 0.3 is 0 Å². The quantitative estimate of drug-likeness (QED) is 0.632. The van der Waals surface area contributed by atoms with Crippen LogP contribution in [-0.4, -0.2) is 28.3 Å². The van der Waals surface area contributed by atoms with Crippen molar-refractivity contribution in [2.75, 3.05) is 18.2 Å². The van der Waals surface area contributed by atoms with Gasteiger partial charge in [0.05, 0.1) is 30.4 Å². The first-order valence-corrected chi connectivity index (χ1v) is 9.38. The smallest absolute Gasteiger partial charge is 0.234 e. The number of methoxy groups -OCH3 is 1. The lowest BCUT2D eigenvalue weighted by molar-refractivity contribution is -0.113. The predicted molar refractivity (Wildman–Crippen MR) is 106 cm³/mol. The molecule has 1 amide bonds. The molecule has 0 bridgehead atoms. The molecule has 2 aromatic carbocycles. The standard InChI is InChI=1S/C20H21N3O2S/c1-3-23-17(15-9-5-4-6-10-15)13-21-20(23)26-14-19(24)22-16-11-7-8-12-18(16)25-2/h4-13H,3,14H2,1-2H3,(H,22,24). The third-order valence-corrected chi connectivity index (χ3v) is 4.91. The summed E-state index contributed by atoms with van der Waals surface area (Å²) in [4.78, 5) is 16.8. The van der Waals surface area contributed by atoms with Gasteiger partial charge < -0.3 is 14.6 Å². The van der Waals surface area contributed by atoms with Crippen molar-refractivity contribution in [2.45, 2.75) is 18.6 Å². The average Bonchev–Trinajstić information content (AvgIpc) is 3.10. The highest BCUT2D eigenvalue weighted by Gasteiger charge is 2.13. The van der Waals surface area contributed by atoms with Gasteiger partial charge in [-0.3, -0.25) is 4.79 Å². The second-order valence-corrected chi connectivity index (χ2v) is 6.52. The molecule has 0 spiro atoms. The highest BCUT2D eigenvalue weighted by molar-refractivity contribution is 7.99. The Kier molecular flexibility index (Phi) is 5.96. The average molecular weight is 367 g/mol. The maximum Gasteiger partial charge on any atom is 0.234 e. The molecule has 0 saturated carbocycles. The summed E-state index contributed by atoms with van der Waals surface area (Å²) >= 11 is 1.43. The summed E-state index contributed by atoms with van der Waals surface area (Å²) in [5.41, 5.74) is 2.84. The Morgan fingerprint density at radius 1 is 1.15 bits per heavy atom. The van der Waals surface area contributed by atoms with Gasteiger partial charge in [0.2, 0.25) is 5.91 Å². The number of rotatable bonds is 7. The highest BCUT2D eigenvalue weighted by atomic mass is 32.2. The molecule has 0 aliphatic carbocycles. The zero-order valence-electron chi connectivity index (χ0n) is 14.8. The number of imidazole rings is 1. The second kappa shape index (κ2) is 8.58. The van der Waals surface area contributed by atoms with Crippen LogP contribution in [0.25, 0.3) is 11.3 Å². The Bertz CT molecular complexity index is 878. The van der Waals surface area contributed by atoms with Crippen molar-refractivity contribution in [3.63, 3.8) is 0 Å². The van der Waals surface area contributed by atoms with Crippen LogP contribution < -0.4 is 10.1 Å². The fourth-order valence-corrected chi connectivity index (χ4v) is 3.53. The van der Waals surface area contributed by atoms with E-state index in [2.05, 4.69) is 33.9 Å². The molecule has 0 unspecified atom stereocenters. The van der Waals surface area contributed by atoms with Crippen molar-refractivity contribution in [1.82, 2.24) is 9.55 Å². The maximum absolute atomic E-state index is 12.3. The number of nitrogens with zero attached hydrogens (tertiary/aromatic N) is 2. The first-order valence-electron chi connectivity index (χ1n) is 8.39. The maximum atomic E-state index is 12.3. The minimum Gasteiger partial charge on any atom is -0.495 e. The first-order chi connectivity index (χ1) is 12.7. The third-order valence-electron chi connectivity index (χ3n) is 3.92. The van der Waals surface area contributed by atoms with Gasteiger partial charge in [0.25, 0.3) is 0 Å². The number of hydrogen-bond donors (Lipinski definition) is 1. The van der Waals surface area contributed by atoms with Crippen LogP contribution in [0.3, 0.4) is 0 Å². The SMILES string of the molecule is CCn1c(-c2ccccc2)cnc1SCC(=O)Nc1ccccc1OC. The lowest BCUT2D eigenvalue weighted by Crippen LogP contribution is -2.15. The van der Waals surface area contributed by atoms with Gasteiger partial charge in [-0.15, -0.1) is 0 Å². The molecule has 0 radical (unpaired) electrons. The summed E-state index contributed by atoms with van der Waals surface area (Å²) in [7, 11) is 1.59. The Balaban J connectivity index is 1.68. The summed E-state index contributed by atoms with van der Waals surface area (Å²) in [5, 5.41) is 3.72. The van der Waals surface area contributed by atoms with Crippen LogP contribution in [0.5, 0.6) is 5.75 Å². The van der Waals surface area contributed by atoms with E-state index in [1.807, 2.05) is 48.7 Å². The lowest BCUT2D eigenvalue weighted by atomic mass is 10.2. The molecular formula is C20H21N3O2S. The van der Waals surface area contributed by atoms with Gasteiger partial charge in [-0.05, 0) is 24.6 Å². The Hall–Kier alpha value is -2.73. The van der Waals surface area contributed by atoms with Crippen LogP contribution in [-0.2, 0) is 11.3 Å². The molecule has 0 fully saturated rings. The zero-order valence-corrected chi connectivity index (χ0v) is 15.6. The molecule has 1 N–H and O–H groups in total. The van der Waals surface area contributed by atoms with Gasteiger partial charge in [0, 0.05) is 6.54 Å². The Morgan fingerprint density at radius 2 is 1.88 bits per heavy atom. The number of thioether (sulfide) groups is 1. The second-order valence-electron chi connectivity index (χ2n) is 5.57. The zero-order chi connectivity index (χ0) is 18.4. The predicted octanol–water partition coefficient (Wildman–Crippen LogP) is 4.31. The molecule has 5 nitrogen and oxygen atoms in total. The van der Waals surface area contributed by atoms with E-state index in [0.29, 0.717) is 11.4 Å². The molecule has 134 valence electrons. The number of nitrogens with one attached hydrogen (secondary N) is 1. The normalized spacial score (nSPS) is 10.5. The number of aromatic nitrogens is 2. The third kappa shape index (κ3) is 4.08. The number of ether oxygens (including phenoxy) is 1. The molecule has 0 aliphatic heterocycles. The number of benzene rings is 2. The first kappa shape index (κ1) is 18.1. The van der Waals surface area contributed by atoms with Gasteiger partial charge in [-0.2, -0.15) is 0 Å². The van der Waals surface area contributed by atoms with Gasteiger partial charge in [-0.1, -0.05) is 54.2 Å². The van der Waals surface area contributed by atoms with Gasteiger partial charge in [0.1, 0.15) is 5.75 Å². The van der Waals surface area contributed by atoms with E-state index in [-0.39, 0.29) is 11.7 Å². The van der Waals surface area contributed by atoms with Crippen LogP contribution in [0.2, 0.25) is 0 Å². The van der Waals surface area contributed by atoms with E-state index in [9.17, 15) is 4.79 Å². The summed E-state index contributed by atoms with van der Waals surface area (Å²) in [5.74, 6) is 0.835. The van der Waals surface area contributed by atoms with Crippen LogP contribution in [0.4, 0.5) is 5.69 Å². The van der Waals surface area contributed by atoms with Crippen molar-refractivity contribution in [3.05, 3.63) is 60.8 Å². The molecule has 1 heterocycles. The minimum atomic E-state index is -0.0913. The summed E-state index contributed by atoms with van der Waals surface area (Å²) in [6, 6.07) is 17.5. The van der Waals surface area contributed by atoms with Gasteiger partial charge in [0.15, 0.2) is 5.16 Å². The van der Waals surface area contributed by atoms with E-state index in [1.54, 1.807) is 7.11 Å². The fourth-order valence-electron chi connectivity index (χ4n) is 2.68. The Morgan fingerprint density at radius 3 is 2.62 bits per heavy atom. The van der Waals surface area contributed by atoms with Crippen LogP contribution in [0.15, 0.2) is 66.0 Å². The largest absolute Gasteiger partial charge is 0.495 e. The number of carbonyl (C=O) groups excluding carboxylic acids is 1. The van der Waals surface area contributed by atoms with Crippen molar-refractivity contribution < 1.29 is 9.53 Å². The molecule has 1 aromatic heterocycles. The van der Waals surface area contributed by atoms with E-state index < -0.39 is 0 Å². The Labute approximate surface area is 157 Å². The number of anilines is 1. The van der Waals surface area contributed by atoms with Crippen LogP contribution >= 0.6 is 11.8 Å². The topological polar surface area (TPSA) is 56.2 Å². The van der Waals surface area contributed by atoms with E-state index in [4.69, 9.17) is 4.74 Å². The van der Waals surface area contributed by atoms with E-state index in [0.717, 1.165) is 23.0 Å². The fraction of sp³-hybridized carbons (Fsp3) is 0.200. The number of carbonyl (C=O) groups is 1. The lowest BCUT2D eigenvalue weighted by Gasteiger charge is -2.11. The summed E-state index contributed by atoms with van der Waals surface area (Å²) < 4.78 is 7.38. The molecular weight excluding hydrogens is 346 g/mol. The number of para-hydroxylation sites is 2. The number of hydrogen-bond acceptors (Lipinski definition) is 4. The van der Waals surface area contributed by atoms with Crippen molar-refractivity contribution in [2.24, 2.45) is 0 Å². The van der Waals surface area contributed by atoms with Crippen LogP contribution in [0.1, 0.15) is 6.92 Å².